The summed E-state index contributed by atoms with van der Waals surface area (Å²) in [5, 5.41) is 6.71. The number of anilines is 2. The highest BCUT2D eigenvalue weighted by Gasteiger charge is 2.28. The smallest absolute Gasteiger partial charge is 0.253 e. The van der Waals surface area contributed by atoms with Crippen molar-refractivity contribution in [3.63, 3.8) is 0 Å². The molecule has 9 nitrogen and oxygen atoms in total. The molecule has 0 aliphatic carbocycles. The van der Waals surface area contributed by atoms with Gasteiger partial charge in [0, 0.05) is 66.1 Å². The standard InChI is InChI=1S/C32H28ClF3N6O3S/c1-19-8-9-23-24(10-11-27(36)29(23)42(33)46(43,44)18-20-5-2-3-7-26(20)35)30(19)45-31-25(6-4-13-38-31)28-12-14-39-32(41-28)40-22-15-21(34)16-37-17-22/h2-14,21-22,37H,15-18H2,1H3,(H,39,40,41)/t21-,22-/m0/s1. The molecule has 14 heteroatoms. The number of aromatic nitrogens is 3. The summed E-state index contributed by atoms with van der Waals surface area (Å²) in [6.45, 7) is 2.66. The first-order valence-electron chi connectivity index (χ1n) is 14.3. The summed E-state index contributed by atoms with van der Waals surface area (Å²) >= 11 is 6.32. The molecule has 0 spiro atoms. The summed E-state index contributed by atoms with van der Waals surface area (Å²) in [6, 6.07) is 16.1. The third-order valence-corrected chi connectivity index (χ3v) is 9.66. The van der Waals surface area contributed by atoms with Crippen LogP contribution in [0, 0.1) is 18.6 Å². The van der Waals surface area contributed by atoms with Crippen LogP contribution in [0.2, 0.25) is 0 Å². The summed E-state index contributed by atoms with van der Waals surface area (Å²) < 4.78 is 76.6. The fourth-order valence-corrected chi connectivity index (χ4v) is 6.81. The number of aryl methyl sites for hydroxylation is 1. The van der Waals surface area contributed by atoms with Crippen molar-refractivity contribution < 1.29 is 26.3 Å². The lowest BCUT2D eigenvalue weighted by molar-refractivity contribution is 0.254. The van der Waals surface area contributed by atoms with Crippen LogP contribution in [-0.4, -0.2) is 48.7 Å². The van der Waals surface area contributed by atoms with Gasteiger partial charge in [0.15, 0.2) is 0 Å². The molecular formula is C32H28ClF3N6O3S. The Bertz CT molecular complexity index is 2020. The molecule has 0 unspecified atom stereocenters. The Morgan fingerprint density at radius 2 is 1.78 bits per heavy atom. The van der Waals surface area contributed by atoms with Gasteiger partial charge in [-0.05, 0) is 48.9 Å². The first-order chi connectivity index (χ1) is 22.1. The van der Waals surface area contributed by atoms with Gasteiger partial charge in [0.25, 0.3) is 10.0 Å². The Morgan fingerprint density at radius 3 is 2.59 bits per heavy atom. The quantitative estimate of drug-likeness (QED) is 0.168. The number of sulfonamides is 1. The topological polar surface area (TPSA) is 109 Å². The van der Waals surface area contributed by atoms with Crippen LogP contribution >= 0.6 is 11.8 Å². The molecule has 3 aromatic carbocycles. The predicted octanol–water partition coefficient (Wildman–Crippen LogP) is 6.67. The van der Waals surface area contributed by atoms with Crippen molar-refractivity contribution in [2.24, 2.45) is 0 Å². The maximum absolute atomic E-state index is 15.3. The molecule has 0 bridgehead atoms. The second kappa shape index (κ2) is 13.1. The minimum absolute atomic E-state index is 0.110. The highest BCUT2D eigenvalue weighted by Crippen LogP contribution is 2.42. The largest absolute Gasteiger partial charge is 0.437 e. The number of hydrogen-bond donors (Lipinski definition) is 2. The number of fused-ring (bicyclic) bond motifs is 1. The fraction of sp³-hybridized carbons (Fsp3) is 0.219. The van der Waals surface area contributed by atoms with Crippen LogP contribution in [-0.2, 0) is 15.8 Å². The zero-order valence-electron chi connectivity index (χ0n) is 24.4. The van der Waals surface area contributed by atoms with Crippen LogP contribution in [0.15, 0.2) is 79.1 Å². The van der Waals surface area contributed by atoms with E-state index in [0.29, 0.717) is 51.5 Å². The minimum atomic E-state index is -4.42. The normalized spacial score (nSPS) is 16.7. The van der Waals surface area contributed by atoms with E-state index >= 15 is 4.39 Å². The fourth-order valence-electron chi connectivity index (χ4n) is 5.29. The number of piperidine rings is 1. The van der Waals surface area contributed by atoms with Crippen LogP contribution in [0.3, 0.4) is 0 Å². The second-order valence-corrected chi connectivity index (χ2v) is 13.2. The molecule has 6 rings (SSSR count). The second-order valence-electron chi connectivity index (χ2n) is 10.8. The first-order valence-corrected chi connectivity index (χ1v) is 16.3. The molecule has 1 aliphatic rings. The highest BCUT2D eigenvalue weighted by molar-refractivity contribution is 7.93. The Labute approximate surface area is 268 Å². The summed E-state index contributed by atoms with van der Waals surface area (Å²) in [6.07, 6.45) is 2.47. The molecule has 46 heavy (non-hydrogen) atoms. The zero-order valence-corrected chi connectivity index (χ0v) is 26.0. The van der Waals surface area contributed by atoms with Crippen molar-refractivity contribution in [3.8, 4) is 22.9 Å². The van der Waals surface area contributed by atoms with Crippen molar-refractivity contribution >= 4 is 44.2 Å². The maximum Gasteiger partial charge on any atom is 0.253 e. The van der Waals surface area contributed by atoms with Gasteiger partial charge in [-0.2, -0.15) is 3.82 Å². The van der Waals surface area contributed by atoms with Crippen molar-refractivity contribution in [2.45, 2.75) is 31.3 Å². The van der Waals surface area contributed by atoms with Crippen LogP contribution in [0.4, 0.5) is 24.8 Å². The lowest BCUT2D eigenvalue weighted by Gasteiger charge is -2.26. The zero-order chi connectivity index (χ0) is 32.4. The molecule has 0 saturated carbocycles. The summed E-state index contributed by atoms with van der Waals surface area (Å²) in [5.74, 6) is -1.64. The number of rotatable bonds is 9. The van der Waals surface area contributed by atoms with Crippen molar-refractivity contribution in [2.75, 3.05) is 22.2 Å². The highest BCUT2D eigenvalue weighted by atomic mass is 35.5. The average molecular weight is 669 g/mol. The molecule has 1 aliphatic heterocycles. The Hall–Kier alpha value is -4.46. The average Bonchev–Trinajstić information content (AvgIpc) is 3.03. The van der Waals surface area contributed by atoms with Gasteiger partial charge in [0.2, 0.25) is 11.8 Å². The van der Waals surface area contributed by atoms with E-state index in [2.05, 4.69) is 25.6 Å². The molecule has 238 valence electrons. The van der Waals surface area contributed by atoms with Gasteiger partial charge in [-0.25, -0.2) is 36.5 Å². The van der Waals surface area contributed by atoms with Gasteiger partial charge < -0.3 is 15.4 Å². The van der Waals surface area contributed by atoms with Crippen molar-refractivity contribution in [1.82, 2.24) is 20.3 Å². The number of ether oxygens (including phenoxy) is 1. The van der Waals surface area contributed by atoms with Gasteiger partial charge in [-0.3, -0.25) is 0 Å². The van der Waals surface area contributed by atoms with Crippen LogP contribution in [0.5, 0.6) is 11.6 Å². The third-order valence-electron chi connectivity index (χ3n) is 7.52. The molecule has 1 fully saturated rings. The van der Waals surface area contributed by atoms with Gasteiger partial charge in [0.05, 0.1) is 17.0 Å². The SMILES string of the molecule is Cc1ccc2c(N(Cl)S(=O)(=O)Cc3ccccc3F)c(F)ccc2c1Oc1ncccc1-c1ccnc(N[C@@H]2CNC[C@@H](F)C2)n1. The number of nitrogens with one attached hydrogen (secondary N) is 2. The molecule has 2 atom stereocenters. The molecule has 0 radical (unpaired) electrons. The molecule has 2 N–H and O–H groups in total. The van der Waals surface area contributed by atoms with Gasteiger partial charge in [0.1, 0.15) is 29.2 Å². The molecular weight excluding hydrogens is 641 g/mol. The Morgan fingerprint density at radius 1 is 0.978 bits per heavy atom. The van der Waals surface area contributed by atoms with Crippen LogP contribution < -0.4 is 19.2 Å². The lowest BCUT2D eigenvalue weighted by Crippen LogP contribution is -2.44. The van der Waals surface area contributed by atoms with Gasteiger partial charge in [-0.1, -0.05) is 30.3 Å². The molecule has 1 saturated heterocycles. The number of nitrogens with zero attached hydrogens (tertiary/aromatic N) is 4. The maximum atomic E-state index is 15.3. The van der Waals surface area contributed by atoms with E-state index in [9.17, 15) is 17.2 Å². The van der Waals surface area contributed by atoms with Crippen molar-refractivity contribution in [3.05, 3.63) is 102 Å². The van der Waals surface area contributed by atoms with E-state index < -0.39 is 39.3 Å². The Kier molecular flexibility index (Phi) is 8.98. The lowest BCUT2D eigenvalue weighted by atomic mass is 10.0. The monoisotopic (exact) mass is 668 g/mol. The molecule has 2 aromatic heterocycles. The number of hydrogen-bond acceptors (Lipinski definition) is 8. The van der Waals surface area contributed by atoms with Crippen molar-refractivity contribution in [1.29, 1.82) is 0 Å². The first kappa shape index (κ1) is 31.5. The molecule has 0 amide bonds. The number of halogens is 4. The number of benzene rings is 3. The van der Waals surface area contributed by atoms with Gasteiger partial charge >= 0.3 is 0 Å². The minimum Gasteiger partial charge on any atom is -0.437 e. The van der Waals surface area contributed by atoms with Crippen LogP contribution in [0.1, 0.15) is 17.5 Å². The summed E-state index contributed by atoms with van der Waals surface area (Å²) in [7, 11) is -4.42. The van der Waals surface area contributed by atoms with Gasteiger partial charge in [-0.15, -0.1) is 0 Å². The number of pyridine rings is 1. The predicted molar refractivity (Wildman–Crippen MR) is 171 cm³/mol. The Balaban J connectivity index is 1.35. The summed E-state index contributed by atoms with van der Waals surface area (Å²) in [4.78, 5) is 13.3. The van der Waals surface area contributed by atoms with E-state index in [-0.39, 0.29) is 28.6 Å². The van der Waals surface area contributed by atoms with E-state index in [1.807, 2.05) is 0 Å². The summed E-state index contributed by atoms with van der Waals surface area (Å²) in [5.41, 5.74) is 1.11. The molecule has 5 aromatic rings. The van der Waals surface area contributed by atoms with E-state index in [1.165, 1.54) is 36.5 Å². The van der Waals surface area contributed by atoms with E-state index in [0.717, 1.165) is 12.1 Å². The number of alkyl halides is 1. The van der Waals surface area contributed by atoms with Crippen LogP contribution in [0.25, 0.3) is 22.0 Å². The van der Waals surface area contributed by atoms with E-state index in [1.54, 1.807) is 37.4 Å². The molecule has 3 heterocycles. The third kappa shape index (κ3) is 6.57. The van der Waals surface area contributed by atoms with E-state index in [4.69, 9.17) is 16.5 Å².